The maximum absolute atomic E-state index is 6.08. The van der Waals surface area contributed by atoms with Crippen molar-refractivity contribution >= 4 is 11.6 Å². The Labute approximate surface area is 146 Å². The fourth-order valence-corrected chi connectivity index (χ4v) is 3.61. The van der Waals surface area contributed by atoms with Gasteiger partial charge in [0.15, 0.2) is 0 Å². The number of aromatic nitrogens is 2. The Kier molecular flexibility index (Phi) is 4.11. The van der Waals surface area contributed by atoms with E-state index in [1.54, 1.807) is 0 Å². The van der Waals surface area contributed by atoms with Crippen LogP contribution in [0.4, 0.5) is 0 Å². The summed E-state index contributed by atoms with van der Waals surface area (Å²) in [5.74, 6) is 1.83. The molecule has 0 amide bonds. The molecular formula is C20H19ClN2O. The zero-order valence-corrected chi connectivity index (χ0v) is 14.4. The Morgan fingerprint density at radius 1 is 1.04 bits per heavy atom. The Morgan fingerprint density at radius 3 is 2.54 bits per heavy atom. The summed E-state index contributed by atoms with van der Waals surface area (Å²) >= 11 is 6.08. The highest BCUT2D eigenvalue weighted by molar-refractivity contribution is 6.30. The van der Waals surface area contributed by atoms with Crippen molar-refractivity contribution in [2.24, 2.45) is 0 Å². The van der Waals surface area contributed by atoms with Crippen molar-refractivity contribution in [1.29, 1.82) is 0 Å². The van der Waals surface area contributed by atoms with E-state index in [1.807, 2.05) is 25.1 Å². The molecule has 0 atom stereocenters. The second-order valence-corrected chi connectivity index (χ2v) is 6.92. The molecule has 0 unspecified atom stereocenters. The van der Waals surface area contributed by atoms with E-state index in [0.29, 0.717) is 22.7 Å². The van der Waals surface area contributed by atoms with Crippen LogP contribution in [0.3, 0.4) is 0 Å². The first kappa shape index (κ1) is 15.4. The molecule has 3 aromatic rings. The van der Waals surface area contributed by atoms with Crippen LogP contribution in [0.15, 0.2) is 47.0 Å². The van der Waals surface area contributed by atoms with Crippen LogP contribution in [0.5, 0.6) is 0 Å². The fraction of sp³-hybridized carbons (Fsp3) is 0.300. The van der Waals surface area contributed by atoms with E-state index in [-0.39, 0.29) is 0 Å². The van der Waals surface area contributed by atoms with Crippen molar-refractivity contribution in [3.8, 4) is 22.8 Å². The fourth-order valence-electron chi connectivity index (χ4n) is 3.44. The molecule has 1 saturated carbocycles. The van der Waals surface area contributed by atoms with Crippen LogP contribution in [0.1, 0.15) is 42.7 Å². The molecule has 0 radical (unpaired) electrons. The van der Waals surface area contributed by atoms with Gasteiger partial charge in [-0.2, -0.15) is 4.98 Å². The molecule has 122 valence electrons. The van der Waals surface area contributed by atoms with Gasteiger partial charge in [0.25, 0.3) is 5.89 Å². The highest BCUT2D eigenvalue weighted by Gasteiger charge is 2.18. The first-order valence-corrected chi connectivity index (χ1v) is 8.79. The highest BCUT2D eigenvalue weighted by atomic mass is 35.5. The molecule has 4 rings (SSSR count). The minimum Gasteiger partial charge on any atom is -0.334 e. The Hall–Kier alpha value is -2.13. The zero-order chi connectivity index (χ0) is 16.5. The molecule has 1 heterocycles. The third-order valence-corrected chi connectivity index (χ3v) is 5.09. The predicted molar refractivity (Wildman–Crippen MR) is 96.1 cm³/mol. The number of aryl methyl sites for hydroxylation is 1. The second-order valence-electron chi connectivity index (χ2n) is 6.49. The molecule has 1 fully saturated rings. The van der Waals surface area contributed by atoms with Gasteiger partial charge in [0, 0.05) is 16.1 Å². The van der Waals surface area contributed by atoms with E-state index in [1.165, 1.54) is 31.2 Å². The van der Waals surface area contributed by atoms with Crippen LogP contribution >= 0.6 is 11.6 Å². The van der Waals surface area contributed by atoms with E-state index >= 15 is 0 Å². The van der Waals surface area contributed by atoms with Gasteiger partial charge in [-0.05, 0) is 61.1 Å². The smallest absolute Gasteiger partial charge is 0.258 e. The van der Waals surface area contributed by atoms with Crippen molar-refractivity contribution < 1.29 is 4.52 Å². The number of rotatable bonds is 3. The summed E-state index contributed by atoms with van der Waals surface area (Å²) in [6.45, 7) is 2.01. The van der Waals surface area contributed by atoms with E-state index in [2.05, 4.69) is 34.4 Å². The quantitative estimate of drug-likeness (QED) is 0.585. The van der Waals surface area contributed by atoms with Gasteiger partial charge in [0.2, 0.25) is 5.82 Å². The topological polar surface area (TPSA) is 38.9 Å². The summed E-state index contributed by atoms with van der Waals surface area (Å²) in [7, 11) is 0. The second kappa shape index (κ2) is 6.40. The maximum atomic E-state index is 6.08. The summed E-state index contributed by atoms with van der Waals surface area (Å²) in [5, 5.41) is 4.79. The van der Waals surface area contributed by atoms with Gasteiger partial charge in [-0.15, -0.1) is 0 Å². The summed E-state index contributed by atoms with van der Waals surface area (Å²) in [4.78, 5) is 4.54. The first-order valence-electron chi connectivity index (χ1n) is 8.41. The van der Waals surface area contributed by atoms with Gasteiger partial charge in [0.05, 0.1) is 0 Å². The lowest BCUT2D eigenvalue weighted by molar-refractivity contribution is 0.432. The van der Waals surface area contributed by atoms with Crippen molar-refractivity contribution in [2.45, 2.75) is 38.5 Å². The SMILES string of the molecule is Cc1ccc(Cl)cc1-c1noc(-c2ccc(C3CCCC3)cc2)n1. The molecule has 0 saturated heterocycles. The van der Waals surface area contributed by atoms with Crippen LogP contribution in [0, 0.1) is 6.92 Å². The summed E-state index contributed by atoms with van der Waals surface area (Å²) < 4.78 is 5.46. The van der Waals surface area contributed by atoms with Gasteiger partial charge >= 0.3 is 0 Å². The van der Waals surface area contributed by atoms with Gasteiger partial charge in [-0.1, -0.05) is 47.8 Å². The minimum atomic E-state index is 0.544. The van der Waals surface area contributed by atoms with E-state index in [0.717, 1.165) is 16.7 Å². The predicted octanol–water partition coefficient (Wildman–Crippen LogP) is 6.02. The lowest BCUT2D eigenvalue weighted by Crippen LogP contribution is -1.91. The monoisotopic (exact) mass is 338 g/mol. The van der Waals surface area contributed by atoms with Gasteiger partial charge in [0.1, 0.15) is 0 Å². The Morgan fingerprint density at radius 2 is 1.79 bits per heavy atom. The molecule has 24 heavy (non-hydrogen) atoms. The highest BCUT2D eigenvalue weighted by Crippen LogP contribution is 2.35. The molecule has 1 aliphatic rings. The molecule has 1 aromatic heterocycles. The van der Waals surface area contributed by atoms with Crippen molar-refractivity contribution in [3.05, 3.63) is 58.6 Å². The summed E-state index contributed by atoms with van der Waals surface area (Å²) in [6, 6.07) is 14.2. The minimum absolute atomic E-state index is 0.544. The molecule has 2 aromatic carbocycles. The third kappa shape index (κ3) is 2.96. The molecule has 0 bridgehead atoms. The molecule has 0 aliphatic heterocycles. The number of hydrogen-bond donors (Lipinski definition) is 0. The lowest BCUT2D eigenvalue weighted by atomic mass is 9.97. The standard InChI is InChI=1S/C20H19ClN2O/c1-13-6-11-17(21)12-18(13)19-22-20(24-23-19)16-9-7-15(8-10-16)14-4-2-3-5-14/h6-12,14H,2-5H2,1H3. The Bertz CT molecular complexity index is 848. The summed E-state index contributed by atoms with van der Waals surface area (Å²) in [6.07, 6.45) is 5.30. The van der Waals surface area contributed by atoms with Gasteiger partial charge in [-0.3, -0.25) is 0 Å². The summed E-state index contributed by atoms with van der Waals surface area (Å²) in [5.41, 5.74) is 4.35. The van der Waals surface area contributed by atoms with Gasteiger partial charge < -0.3 is 4.52 Å². The van der Waals surface area contributed by atoms with Crippen molar-refractivity contribution in [3.63, 3.8) is 0 Å². The normalized spacial score (nSPS) is 15.1. The van der Waals surface area contributed by atoms with Crippen LogP contribution < -0.4 is 0 Å². The van der Waals surface area contributed by atoms with Crippen LogP contribution in [0.25, 0.3) is 22.8 Å². The zero-order valence-electron chi connectivity index (χ0n) is 13.6. The molecule has 4 heteroatoms. The van der Waals surface area contributed by atoms with Crippen LogP contribution in [-0.2, 0) is 0 Å². The third-order valence-electron chi connectivity index (χ3n) is 4.85. The Balaban J connectivity index is 1.61. The van der Waals surface area contributed by atoms with Crippen LogP contribution in [-0.4, -0.2) is 10.1 Å². The number of nitrogens with zero attached hydrogens (tertiary/aromatic N) is 2. The average Bonchev–Trinajstić information content (AvgIpc) is 3.29. The molecular weight excluding hydrogens is 320 g/mol. The number of hydrogen-bond acceptors (Lipinski definition) is 3. The molecule has 0 spiro atoms. The largest absolute Gasteiger partial charge is 0.334 e. The van der Waals surface area contributed by atoms with E-state index < -0.39 is 0 Å². The van der Waals surface area contributed by atoms with Gasteiger partial charge in [-0.25, -0.2) is 0 Å². The maximum Gasteiger partial charge on any atom is 0.258 e. The van der Waals surface area contributed by atoms with Crippen LogP contribution in [0.2, 0.25) is 5.02 Å². The lowest BCUT2D eigenvalue weighted by Gasteiger charge is -2.09. The van der Waals surface area contributed by atoms with Crippen molar-refractivity contribution in [2.75, 3.05) is 0 Å². The molecule has 3 nitrogen and oxygen atoms in total. The first-order chi connectivity index (χ1) is 11.7. The number of halogens is 1. The van der Waals surface area contributed by atoms with E-state index in [9.17, 15) is 0 Å². The number of benzene rings is 2. The molecule has 1 aliphatic carbocycles. The average molecular weight is 339 g/mol. The van der Waals surface area contributed by atoms with E-state index in [4.69, 9.17) is 16.1 Å². The molecule has 0 N–H and O–H groups in total. The van der Waals surface area contributed by atoms with Crippen molar-refractivity contribution in [1.82, 2.24) is 10.1 Å².